The van der Waals surface area contributed by atoms with Crippen molar-refractivity contribution in [1.29, 1.82) is 0 Å². The third-order valence-corrected chi connectivity index (χ3v) is 2.56. The summed E-state index contributed by atoms with van der Waals surface area (Å²) in [6.07, 6.45) is 0.653. The second kappa shape index (κ2) is 4.02. The van der Waals surface area contributed by atoms with Crippen molar-refractivity contribution < 1.29 is 14.6 Å². The first-order valence-corrected chi connectivity index (χ1v) is 4.67. The van der Waals surface area contributed by atoms with Crippen LogP contribution in [0.15, 0.2) is 6.33 Å². The van der Waals surface area contributed by atoms with Gasteiger partial charge in [0.1, 0.15) is 0 Å². The maximum absolute atomic E-state index is 11.0. The summed E-state index contributed by atoms with van der Waals surface area (Å²) in [5.41, 5.74) is 0.921. The van der Waals surface area contributed by atoms with Crippen molar-refractivity contribution in [2.24, 2.45) is 0 Å². The van der Waals surface area contributed by atoms with Gasteiger partial charge in [0, 0.05) is 18.2 Å². The number of rotatable bonds is 4. The third-order valence-electron chi connectivity index (χ3n) is 2.56. The standard InChI is InChI=1S/C10H16N2O3/c1-6-7(12-5-11-6)10(2,3)8(15-4)9(13)14/h5,8H,1-4H3,(H,11,12)(H,13,14). The molecule has 0 amide bonds. The van der Waals surface area contributed by atoms with Crippen LogP contribution >= 0.6 is 0 Å². The second-order valence-electron chi connectivity index (χ2n) is 4.05. The van der Waals surface area contributed by atoms with Gasteiger partial charge in [-0.3, -0.25) is 0 Å². The number of carboxylic acids is 1. The molecule has 0 radical (unpaired) electrons. The van der Waals surface area contributed by atoms with Gasteiger partial charge in [-0.1, -0.05) is 13.8 Å². The molecule has 1 rings (SSSR count). The monoisotopic (exact) mass is 212 g/mol. The minimum absolute atomic E-state index is 0.662. The first-order valence-electron chi connectivity index (χ1n) is 4.67. The van der Waals surface area contributed by atoms with Gasteiger partial charge < -0.3 is 14.8 Å². The van der Waals surface area contributed by atoms with Crippen molar-refractivity contribution >= 4 is 5.97 Å². The molecular formula is C10H16N2O3. The van der Waals surface area contributed by atoms with Crippen LogP contribution in [0.2, 0.25) is 0 Å². The molecule has 0 saturated heterocycles. The van der Waals surface area contributed by atoms with Gasteiger partial charge >= 0.3 is 5.97 Å². The molecule has 1 aromatic rings. The Labute approximate surface area is 88.5 Å². The molecule has 0 aliphatic heterocycles. The Kier molecular flexibility index (Phi) is 3.14. The van der Waals surface area contributed by atoms with E-state index in [0.29, 0.717) is 0 Å². The molecule has 0 spiro atoms. The lowest BCUT2D eigenvalue weighted by Gasteiger charge is -2.29. The highest BCUT2D eigenvalue weighted by atomic mass is 16.5. The number of nitrogens with zero attached hydrogens (tertiary/aromatic N) is 1. The van der Waals surface area contributed by atoms with E-state index in [1.54, 1.807) is 20.2 Å². The molecule has 1 atom stereocenters. The van der Waals surface area contributed by atoms with E-state index in [9.17, 15) is 4.79 Å². The highest BCUT2D eigenvalue weighted by Gasteiger charge is 2.39. The fourth-order valence-electron chi connectivity index (χ4n) is 1.84. The number of nitrogens with one attached hydrogen (secondary N) is 1. The number of aromatic amines is 1. The third kappa shape index (κ3) is 2.02. The number of carboxylic acid groups (broad SMARTS) is 1. The molecule has 0 bridgehead atoms. The zero-order chi connectivity index (χ0) is 11.6. The Bertz CT molecular complexity index is 357. The summed E-state index contributed by atoms with van der Waals surface area (Å²) in [5, 5.41) is 9.04. The maximum Gasteiger partial charge on any atom is 0.333 e. The highest BCUT2D eigenvalue weighted by Crippen LogP contribution is 2.29. The van der Waals surface area contributed by atoms with Crippen molar-refractivity contribution in [1.82, 2.24) is 9.97 Å². The number of hydrogen-bond donors (Lipinski definition) is 2. The van der Waals surface area contributed by atoms with Crippen LogP contribution < -0.4 is 0 Å². The Hall–Kier alpha value is -1.36. The van der Waals surface area contributed by atoms with Crippen LogP contribution in [0.25, 0.3) is 0 Å². The fourth-order valence-corrected chi connectivity index (χ4v) is 1.84. The molecule has 1 heterocycles. The van der Waals surface area contributed by atoms with Crippen molar-refractivity contribution in [3.05, 3.63) is 17.7 Å². The van der Waals surface area contributed by atoms with Crippen LogP contribution in [0.3, 0.4) is 0 Å². The molecular weight excluding hydrogens is 196 g/mol. The molecule has 0 fully saturated rings. The molecule has 5 nitrogen and oxygen atoms in total. The highest BCUT2D eigenvalue weighted by molar-refractivity contribution is 5.74. The number of ether oxygens (including phenoxy) is 1. The molecule has 0 saturated carbocycles. The van der Waals surface area contributed by atoms with Gasteiger partial charge in [0.15, 0.2) is 6.10 Å². The van der Waals surface area contributed by atoms with Gasteiger partial charge in [0.2, 0.25) is 0 Å². The van der Waals surface area contributed by atoms with E-state index < -0.39 is 17.5 Å². The van der Waals surface area contributed by atoms with Gasteiger partial charge in [-0.25, -0.2) is 9.78 Å². The Balaban J connectivity index is 3.11. The van der Waals surface area contributed by atoms with Crippen LogP contribution in [-0.4, -0.2) is 34.3 Å². The van der Waals surface area contributed by atoms with Crippen LogP contribution in [0.5, 0.6) is 0 Å². The zero-order valence-corrected chi connectivity index (χ0v) is 9.37. The molecule has 1 aromatic heterocycles. The number of hydrogen-bond acceptors (Lipinski definition) is 3. The predicted octanol–water partition coefficient (Wildman–Crippen LogP) is 1.10. The Morgan fingerprint density at radius 2 is 2.27 bits per heavy atom. The molecule has 0 aliphatic rings. The van der Waals surface area contributed by atoms with Crippen molar-refractivity contribution in [2.75, 3.05) is 7.11 Å². The van der Waals surface area contributed by atoms with Gasteiger partial charge in [-0.05, 0) is 6.92 Å². The predicted molar refractivity (Wildman–Crippen MR) is 54.8 cm³/mol. The lowest BCUT2D eigenvalue weighted by atomic mass is 9.82. The van der Waals surface area contributed by atoms with E-state index >= 15 is 0 Å². The number of aliphatic carboxylic acids is 1. The van der Waals surface area contributed by atoms with E-state index in [4.69, 9.17) is 9.84 Å². The largest absolute Gasteiger partial charge is 0.479 e. The molecule has 0 aromatic carbocycles. The van der Waals surface area contributed by atoms with Crippen molar-refractivity contribution in [2.45, 2.75) is 32.3 Å². The Morgan fingerprint density at radius 1 is 1.67 bits per heavy atom. The summed E-state index contributed by atoms with van der Waals surface area (Å²) < 4.78 is 5.00. The van der Waals surface area contributed by atoms with Gasteiger partial charge in [0.25, 0.3) is 0 Å². The quantitative estimate of drug-likeness (QED) is 0.783. The molecule has 84 valence electrons. The smallest absolute Gasteiger partial charge is 0.333 e. The average Bonchev–Trinajstić information content (AvgIpc) is 2.51. The Morgan fingerprint density at radius 3 is 2.60 bits per heavy atom. The van der Waals surface area contributed by atoms with Gasteiger partial charge in [0.05, 0.1) is 12.0 Å². The first-order chi connectivity index (χ1) is 6.91. The summed E-state index contributed by atoms with van der Waals surface area (Å²) >= 11 is 0. The van der Waals surface area contributed by atoms with Crippen molar-refractivity contribution in [3.63, 3.8) is 0 Å². The second-order valence-corrected chi connectivity index (χ2v) is 4.05. The van der Waals surface area contributed by atoms with Gasteiger partial charge in [-0.2, -0.15) is 0 Å². The minimum Gasteiger partial charge on any atom is -0.479 e. The zero-order valence-electron chi connectivity index (χ0n) is 9.37. The van der Waals surface area contributed by atoms with Crippen LogP contribution in [-0.2, 0) is 14.9 Å². The first kappa shape index (κ1) is 11.7. The summed E-state index contributed by atoms with van der Waals surface area (Å²) in [6.45, 7) is 5.47. The average molecular weight is 212 g/mol. The van der Waals surface area contributed by atoms with E-state index in [0.717, 1.165) is 11.4 Å². The minimum atomic E-state index is -0.982. The van der Waals surface area contributed by atoms with Crippen molar-refractivity contribution in [3.8, 4) is 0 Å². The summed E-state index contributed by atoms with van der Waals surface area (Å²) in [4.78, 5) is 18.1. The van der Waals surface area contributed by atoms with Crippen LogP contribution in [0.4, 0.5) is 0 Å². The number of methoxy groups -OCH3 is 1. The lowest BCUT2D eigenvalue weighted by Crippen LogP contribution is -2.42. The summed E-state index contributed by atoms with van der Waals surface area (Å²) in [5.74, 6) is -0.982. The molecule has 1 unspecified atom stereocenters. The normalized spacial score (nSPS) is 13.9. The number of aryl methyl sites for hydroxylation is 1. The molecule has 15 heavy (non-hydrogen) atoms. The van der Waals surface area contributed by atoms with E-state index in [1.165, 1.54) is 7.11 Å². The van der Waals surface area contributed by atoms with E-state index in [2.05, 4.69) is 9.97 Å². The van der Waals surface area contributed by atoms with E-state index in [1.807, 2.05) is 6.92 Å². The number of H-pyrrole nitrogens is 1. The maximum atomic E-state index is 11.0. The molecule has 2 N–H and O–H groups in total. The molecule has 5 heteroatoms. The topological polar surface area (TPSA) is 75.2 Å². The molecule has 0 aliphatic carbocycles. The SMILES string of the molecule is COC(C(=O)O)C(C)(C)c1nc[nH]c1C. The summed E-state index contributed by atoms with van der Waals surface area (Å²) in [6, 6.07) is 0. The summed E-state index contributed by atoms with van der Waals surface area (Å²) in [7, 11) is 1.39. The van der Waals surface area contributed by atoms with Crippen LogP contribution in [0.1, 0.15) is 25.2 Å². The number of carbonyl (C=O) groups is 1. The van der Waals surface area contributed by atoms with E-state index in [-0.39, 0.29) is 0 Å². The lowest BCUT2D eigenvalue weighted by molar-refractivity contribution is -0.152. The fraction of sp³-hybridized carbons (Fsp3) is 0.600. The number of aromatic nitrogens is 2. The van der Waals surface area contributed by atoms with Gasteiger partial charge in [-0.15, -0.1) is 0 Å². The number of imidazole rings is 1. The van der Waals surface area contributed by atoms with Crippen LogP contribution in [0, 0.1) is 6.92 Å².